The summed E-state index contributed by atoms with van der Waals surface area (Å²) in [6.45, 7) is 3.07. The molecule has 90 valence electrons. The Hall–Kier alpha value is -1.68. The molecule has 17 heavy (non-hydrogen) atoms. The van der Waals surface area contributed by atoms with Crippen molar-refractivity contribution in [3.63, 3.8) is 0 Å². The summed E-state index contributed by atoms with van der Waals surface area (Å²) in [6.07, 6.45) is 0.823. The molecule has 0 unspecified atom stereocenters. The van der Waals surface area contributed by atoms with Crippen molar-refractivity contribution in [2.45, 2.75) is 19.9 Å². The first kappa shape index (κ1) is 11.8. The van der Waals surface area contributed by atoms with Gasteiger partial charge in [0.15, 0.2) is 0 Å². The van der Waals surface area contributed by atoms with Crippen molar-refractivity contribution in [3.05, 3.63) is 40.3 Å². The van der Waals surface area contributed by atoms with Crippen LogP contribution in [0.3, 0.4) is 0 Å². The maximum atomic E-state index is 12.0. The third kappa shape index (κ3) is 2.36. The van der Waals surface area contributed by atoms with Crippen LogP contribution in [0.5, 0.6) is 0 Å². The zero-order valence-electron chi connectivity index (χ0n) is 10.1. The molecule has 0 N–H and O–H groups in total. The molecule has 4 heteroatoms. The Kier molecular flexibility index (Phi) is 3.54. The molecule has 1 heterocycles. The summed E-state index contributed by atoms with van der Waals surface area (Å²) in [4.78, 5) is 16.3. The van der Waals surface area contributed by atoms with E-state index >= 15 is 0 Å². The fourth-order valence-corrected chi connectivity index (χ4v) is 1.91. The molecule has 0 radical (unpaired) electrons. The summed E-state index contributed by atoms with van der Waals surface area (Å²) >= 11 is 0. The Morgan fingerprint density at radius 3 is 2.88 bits per heavy atom. The first-order valence-corrected chi connectivity index (χ1v) is 5.69. The zero-order valence-corrected chi connectivity index (χ0v) is 10.1. The van der Waals surface area contributed by atoms with Gasteiger partial charge in [-0.15, -0.1) is 0 Å². The summed E-state index contributed by atoms with van der Waals surface area (Å²) in [7, 11) is 1.67. The van der Waals surface area contributed by atoms with Crippen LogP contribution >= 0.6 is 0 Å². The van der Waals surface area contributed by atoms with E-state index in [-0.39, 0.29) is 5.56 Å². The third-order valence-corrected chi connectivity index (χ3v) is 2.75. The lowest BCUT2D eigenvalue weighted by molar-refractivity contribution is 0.190. The molecule has 0 saturated heterocycles. The molecule has 0 aliphatic heterocycles. The monoisotopic (exact) mass is 232 g/mol. The van der Waals surface area contributed by atoms with Crippen LogP contribution in [0.4, 0.5) is 0 Å². The maximum absolute atomic E-state index is 12.0. The van der Waals surface area contributed by atoms with E-state index in [4.69, 9.17) is 4.74 Å². The van der Waals surface area contributed by atoms with Crippen LogP contribution < -0.4 is 5.56 Å². The Balaban J connectivity index is 2.50. The van der Waals surface area contributed by atoms with Gasteiger partial charge in [-0.05, 0) is 25.5 Å². The van der Waals surface area contributed by atoms with Crippen LogP contribution in [0, 0.1) is 6.92 Å². The van der Waals surface area contributed by atoms with E-state index in [0.717, 1.165) is 17.5 Å². The standard InChI is InChI=1S/C13H16N2O2/c1-10-13(16)15(8-5-9-17-2)12-7-4-3-6-11(12)14-10/h3-4,6-7H,5,8-9H2,1-2H3. The van der Waals surface area contributed by atoms with E-state index in [1.54, 1.807) is 18.6 Å². The number of methoxy groups -OCH3 is 1. The quantitative estimate of drug-likeness (QED) is 0.754. The molecule has 0 atom stereocenters. The topological polar surface area (TPSA) is 44.1 Å². The number of fused-ring (bicyclic) bond motifs is 1. The van der Waals surface area contributed by atoms with Crippen molar-refractivity contribution < 1.29 is 4.74 Å². The summed E-state index contributed by atoms with van der Waals surface area (Å²) in [5, 5.41) is 0. The Morgan fingerprint density at radius 1 is 1.35 bits per heavy atom. The molecule has 0 spiro atoms. The fraction of sp³-hybridized carbons (Fsp3) is 0.385. The number of nitrogens with zero attached hydrogens (tertiary/aromatic N) is 2. The molecule has 0 saturated carbocycles. The van der Waals surface area contributed by atoms with Crippen LogP contribution in [-0.4, -0.2) is 23.3 Å². The van der Waals surface area contributed by atoms with E-state index in [0.29, 0.717) is 18.8 Å². The number of aromatic nitrogens is 2. The first-order valence-electron chi connectivity index (χ1n) is 5.69. The minimum atomic E-state index is -0.0141. The van der Waals surface area contributed by atoms with E-state index < -0.39 is 0 Å². The summed E-state index contributed by atoms with van der Waals surface area (Å²) in [5.74, 6) is 0. The van der Waals surface area contributed by atoms with Gasteiger partial charge in [0, 0.05) is 20.3 Å². The van der Waals surface area contributed by atoms with Gasteiger partial charge in [0.05, 0.1) is 11.0 Å². The predicted octanol–water partition coefficient (Wildman–Crippen LogP) is 1.74. The second kappa shape index (κ2) is 5.10. The van der Waals surface area contributed by atoms with E-state index in [2.05, 4.69) is 4.98 Å². The van der Waals surface area contributed by atoms with Gasteiger partial charge in [0.1, 0.15) is 5.69 Å². The molecule has 0 aliphatic carbocycles. The largest absolute Gasteiger partial charge is 0.385 e. The fourth-order valence-electron chi connectivity index (χ4n) is 1.91. The maximum Gasteiger partial charge on any atom is 0.272 e. The number of hydrogen-bond donors (Lipinski definition) is 0. The van der Waals surface area contributed by atoms with Crippen LogP contribution in [0.1, 0.15) is 12.1 Å². The molecule has 0 bridgehead atoms. The van der Waals surface area contributed by atoms with Crippen LogP contribution in [0.2, 0.25) is 0 Å². The number of benzene rings is 1. The van der Waals surface area contributed by atoms with Gasteiger partial charge in [-0.25, -0.2) is 4.98 Å². The number of hydrogen-bond acceptors (Lipinski definition) is 3. The Labute approximate surface area is 99.9 Å². The predicted molar refractivity (Wildman–Crippen MR) is 67.2 cm³/mol. The molecule has 2 rings (SSSR count). The zero-order chi connectivity index (χ0) is 12.3. The normalized spacial score (nSPS) is 10.9. The summed E-state index contributed by atoms with van der Waals surface area (Å²) in [6, 6.07) is 7.70. The lowest BCUT2D eigenvalue weighted by atomic mass is 10.2. The van der Waals surface area contributed by atoms with Gasteiger partial charge in [0.2, 0.25) is 0 Å². The van der Waals surface area contributed by atoms with Gasteiger partial charge in [-0.1, -0.05) is 12.1 Å². The highest BCUT2D eigenvalue weighted by molar-refractivity contribution is 5.74. The van der Waals surface area contributed by atoms with Gasteiger partial charge in [-0.2, -0.15) is 0 Å². The minimum absolute atomic E-state index is 0.0141. The molecule has 0 aliphatic rings. The van der Waals surface area contributed by atoms with Crippen LogP contribution in [0.25, 0.3) is 11.0 Å². The van der Waals surface area contributed by atoms with Crippen LogP contribution in [0.15, 0.2) is 29.1 Å². The molecular formula is C13H16N2O2. The van der Waals surface area contributed by atoms with E-state index in [1.165, 1.54) is 0 Å². The molecule has 4 nitrogen and oxygen atoms in total. The second-order valence-corrected chi connectivity index (χ2v) is 3.99. The molecule has 0 amide bonds. The second-order valence-electron chi connectivity index (χ2n) is 3.99. The van der Waals surface area contributed by atoms with Gasteiger partial charge in [-0.3, -0.25) is 4.79 Å². The molecular weight excluding hydrogens is 216 g/mol. The molecule has 0 fully saturated rings. The smallest absolute Gasteiger partial charge is 0.272 e. The number of rotatable bonds is 4. The third-order valence-electron chi connectivity index (χ3n) is 2.75. The Morgan fingerprint density at radius 2 is 2.12 bits per heavy atom. The molecule has 1 aromatic carbocycles. The highest BCUT2D eigenvalue weighted by Crippen LogP contribution is 2.10. The lowest BCUT2D eigenvalue weighted by Gasteiger charge is -2.10. The van der Waals surface area contributed by atoms with Gasteiger partial charge < -0.3 is 9.30 Å². The van der Waals surface area contributed by atoms with Crippen molar-refractivity contribution in [3.8, 4) is 0 Å². The van der Waals surface area contributed by atoms with Crippen molar-refractivity contribution in [2.24, 2.45) is 0 Å². The van der Waals surface area contributed by atoms with Gasteiger partial charge in [0.25, 0.3) is 5.56 Å². The van der Waals surface area contributed by atoms with Crippen LogP contribution in [-0.2, 0) is 11.3 Å². The van der Waals surface area contributed by atoms with E-state index in [1.807, 2.05) is 24.3 Å². The average molecular weight is 232 g/mol. The number of ether oxygens (including phenoxy) is 1. The SMILES string of the molecule is COCCCn1c(=O)c(C)nc2ccccc21. The van der Waals surface area contributed by atoms with Crippen molar-refractivity contribution >= 4 is 11.0 Å². The Bertz CT molecular complexity index is 575. The number of para-hydroxylation sites is 2. The lowest BCUT2D eigenvalue weighted by Crippen LogP contribution is -2.24. The van der Waals surface area contributed by atoms with Gasteiger partial charge >= 0.3 is 0 Å². The molecule has 1 aromatic heterocycles. The summed E-state index contributed by atoms with van der Waals surface area (Å²) < 4.78 is 6.79. The van der Waals surface area contributed by atoms with Crippen molar-refractivity contribution in [1.82, 2.24) is 9.55 Å². The first-order chi connectivity index (χ1) is 8.24. The number of aryl methyl sites for hydroxylation is 2. The summed E-state index contributed by atoms with van der Waals surface area (Å²) in [5.41, 5.74) is 2.28. The van der Waals surface area contributed by atoms with Crippen molar-refractivity contribution in [2.75, 3.05) is 13.7 Å². The van der Waals surface area contributed by atoms with E-state index in [9.17, 15) is 4.79 Å². The minimum Gasteiger partial charge on any atom is -0.385 e. The van der Waals surface area contributed by atoms with Crippen molar-refractivity contribution in [1.29, 1.82) is 0 Å². The highest BCUT2D eigenvalue weighted by Gasteiger charge is 2.06. The highest BCUT2D eigenvalue weighted by atomic mass is 16.5. The molecule has 2 aromatic rings. The average Bonchev–Trinajstić information content (AvgIpc) is 2.34.